The zero-order valence-corrected chi connectivity index (χ0v) is 10.9. The molecule has 1 amide bonds. The lowest BCUT2D eigenvalue weighted by Gasteiger charge is -2.34. The second-order valence-corrected chi connectivity index (χ2v) is 5.76. The minimum Gasteiger partial charge on any atom is -0.339 e. The molecule has 1 spiro atoms. The molecule has 0 atom stereocenters. The van der Waals surface area contributed by atoms with Crippen molar-refractivity contribution in [3.63, 3.8) is 0 Å². The molecule has 0 aromatic rings. The molecule has 2 rings (SSSR count). The summed E-state index contributed by atoms with van der Waals surface area (Å²) >= 11 is 0. The van der Waals surface area contributed by atoms with Gasteiger partial charge in [0.05, 0.1) is 5.41 Å². The molecule has 1 aliphatic carbocycles. The highest BCUT2D eigenvalue weighted by atomic mass is 16.2. The first-order valence-corrected chi connectivity index (χ1v) is 6.04. The average molecular weight is 233 g/mol. The van der Waals surface area contributed by atoms with Gasteiger partial charge in [-0.05, 0) is 39.8 Å². The maximum absolute atomic E-state index is 12.4. The van der Waals surface area contributed by atoms with Crippen LogP contribution in [0.2, 0.25) is 0 Å². The highest BCUT2D eigenvalue weighted by Gasteiger charge is 2.56. The van der Waals surface area contributed by atoms with E-state index in [0.717, 1.165) is 0 Å². The van der Waals surface area contributed by atoms with Crippen LogP contribution in [0.3, 0.4) is 0 Å². The Morgan fingerprint density at radius 2 is 1.71 bits per heavy atom. The van der Waals surface area contributed by atoms with Crippen molar-refractivity contribution in [2.24, 2.45) is 10.8 Å². The Labute approximate surface area is 102 Å². The second-order valence-electron chi connectivity index (χ2n) is 5.76. The summed E-state index contributed by atoms with van der Waals surface area (Å²) in [6, 6.07) is 0.195. The van der Waals surface area contributed by atoms with Gasteiger partial charge in [-0.1, -0.05) is 12.2 Å². The number of amides is 1. The Balaban J connectivity index is 2.44. The predicted octanol–water partition coefficient (Wildman–Crippen LogP) is 1.94. The van der Waals surface area contributed by atoms with Crippen LogP contribution >= 0.6 is 0 Å². The van der Waals surface area contributed by atoms with E-state index in [0.29, 0.717) is 6.54 Å². The third-order valence-electron chi connectivity index (χ3n) is 4.10. The number of rotatable bonds is 1. The Hall–Kier alpha value is -1.38. The molecule has 0 bridgehead atoms. The number of carbonyl (C=O) groups is 2. The highest BCUT2D eigenvalue weighted by Crippen LogP contribution is 2.50. The number of hydrogen-bond donors (Lipinski definition) is 0. The highest BCUT2D eigenvalue weighted by molar-refractivity contribution is 6.01. The molecule has 1 aliphatic heterocycles. The summed E-state index contributed by atoms with van der Waals surface area (Å²) in [5.41, 5.74) is -0.812. The van der Waals surface area contributed by atoms with E-state index in [1.165, 1.54) is 0 Å². The smallest absolute Gasteiger partial charge is 0.229 e. The van der Waals surface area contributed by atoms with Crippen molar-refractivity contribution in [1.29, 1.82) is 0 Å². The predicted molar refractivity (Wildman–Crippen MR) is 66.4 cm³/mol. The van der Waals surface area contributed by atoms with Crippen molar-refractivity contribution in [3.05, 3.63) is 24.3 Å². The quantitative estimate of drug-likeness (QED) is 0.694. The molecule has 1 heterocycles. The van der Waals surface area contributed by atoms with E-state index in [4.69, 9.17) is 0 Å². The molecule has 0 unspecified atom stereocenters. The molecule has 0 aromatic carbocycles. The van der Waals surface area contributed by atoms with Crippen molar-refractivity contribution < 1.29 is 9.59 Å². The van der Waals surface area contributed by atoms with Gasteiger partial charge in [0.15, 0.2) is 5.78 Å². The van der Waals surface area contributed by atoms with Crippen molar-refractivity contribution >= 4 is 11.7 Å². The van der Waals surface area contributed by atoms with Gasteiger partial charge in [0.2, 0.25) is 5.91 Å². The molecule has 0 radical (unpaired) electrons. The maximum Gasteiger partial charge on any atom is 0.229 e. The van der Waals surface area contributed by atoms with Crippen LogP contribution in [-0.4, -0.2) is 29.2 Å². The zero-order valence-electron chi connectivity index (χ0n) is 10.9. The van der Waals surface area contributed by atoms with Crippen LogP contribution in [-0.2, 0) is 9.59 Å². The van der Waals surface area contributed by atoms with Gasteiger partial charge in [-0.3, -0.25) is 9.59 Å². The van der Waals surface area contributed by atoms with E-state index in [2.05, 4.69) is 0 Å². The molecule has 0 N–H and O–H groups in total. The lowest BCUT2D eigenvalue weighted by atomic mass is 9.66. The number of hydrogen-bond acceptors (Lipinski definition) is 2. The number of ketones is 1. The fraction of sp³-hybridized carbons (Fsp3) is 0.571. The summed E-state index contributed by atoms with van der Waals surface area (Å²) < 4.78 is 0. The van der Waals surface area contributed by atoms with Gasteiger partial charge < -0.3 is 4.90 Å². The number of likely N-dealkylation sites (tertiary alicyclic amines) is 1. The van der Waals surface area contributed by atoms with E-state index in [-0.39, 0.29) is 23.1 Å². The largest absolute Gasteiger partial charge is 0.339 e. The van der Waals surface area contributed by atoms with Crippen LogP contribution < -0.4 is 0 Å². The van der Waals surface area contributed by atoms with Gasteiger partial charge in [0.1, 0.15) is 0 Å². The van der Waals surface area contributed by atoms with Gasteiger partial charge in [0.25, 0.3) is 0 Å². The molecular formula is C14H19NO2. The topological polar surface area (TPSA) is 37.4 Å². The van der Waals surface area contributed by atoms with Crippen LogP contribution in [0.5, 0.6) is 0 Å². The summed E-state index contributed by atoms with van der Waals surface area (Å²) in [5.74, 6) is 0.165. The normalized spacial score (nSPS) is 25.4. The molecule has 92 valence electrons. The summed E-state index contributed by atoms with van der Waals surface area (Å²) in [6.45, 7) is 8.63. The van der Waals surface area contributed by atoms with Crippen molar-refractivity contribution in [2.45, 2.75) is 33.7 Å². The molecule has 2 aliphatic rings. The zero-order chi connectivity index (χ0) is 12.8. The molecule has 3 heteroatoms. The van der Waals surface area contributed by atoms with Gasteiger partial charge in [-0.25, -0.2) is 0 Å². The van der Waals surface area contributed by atoms with Crippen LogP contribution in [0.15, 0.2) is 24.3 Å². The molecule has 1 saturated heterocycles. The number of carbonyl (C=O) groups excluding carboxylic acids is 2. The van der Waals surface area contributed by atoms with Gasteiger partial charge >= 0.3 is 0 Å². The Morgan fingerprint density at radius 3 is 2.12 bits per heavy atom. The third-order valence-corrected chi connectivity index (χ3v) is 4.10. The number of nitrogens with zero attached hydrogens (tertiary/aromatic N) is 1. The second kappa shape index (κ2) is 3.56. The van der Waals surface area contributed by atoms with Crippen LogP contribution in [0.25, 0.3) is 0 Å². The monoisotopic (exact) mass is 233 g/mol. The Kier molecular flexibility index (Phi) is 2.53. The van der Waals surface area contributed by atoms with Crippen molar-refractivity contribution in [2.75, 3.05) is 6.54 Å². The molecule has 0 aromatic heterocycles. The van der Waals surface area contributed by atoms with Crippen molar-refractivity contribution in [3.8, 4) is 0 Å². The maximum atomic E-state index is 12.4. The van der Waals surface area contributed by atoms with E-state index in [1.54, 1.807) is 12.2 Å². The average Bonchev–Trinajstić information content (AvgIpc) is 2.44. The Bertz CT molecular complexity index is 414. The SMILES string of the molecule is CC(C)N1CC2(C=CC(=O)C=C2)C(C)(C)C1=O. The van der Waals surface area contributed by atoms with E-state index in [9.17, 15) is 9.59 Å². The molecule has 17 heavy (non-hydrogen) atoms. The molecule has 0 saturated carbocycles. The first kappa shape index (κ1) is 12.1. The fourth-order valence-electron chi connectivity index (χ4n) is 2.62. The lowest BCUT2D eigenvalue weighted by molar-refractivity contribution is -0.136. The first-order chi connectivity index (χ1) is 7.80. The minimum absolute atomic E-state index is 0.00173. The van der Waals surface area contributed by atoms with Crippen LogP contribution in [0, 0.1) is 10.8 Å². The van der Waals surface area contributed by atoms with E-state index in [1.807, 2.05) is 44.7 Å². The minimum atomic E-state index is -0.481. The standard InChI is InChI=1S/C14H19NO2/c1-10(2)15-9-14(13(3,4)12(15)17)7-5-11(16)6-8-14/h5-8,10H,9H2,1-4H3. The molecule has 3 nitrogen and oxygen atoms in total. The number of allylic oxidation sites excluding steroid dienone is 2. The Morgan fingerprint density at radius 1 is 1.18 bits per heavy atom. The summed E-state index contributed by atoms with van der Waals surface area (Å²) in [6.07, 6.45) is 6.96. The third kappa shape index (κ3) is 1.56. The lowest BCUT2D eigenvalue weighted by Crippen LogP contribution is -2.37. The van der Waals surface area contributed by atoms with Gasteiger partial charge in [-0.2, -0.15) is 0 Å². The summed E-state index contributed by atoms with van der Waals surface area (Å²) in [5, 5.41) is 0. The van der Waals surface area contributed by atoms with Crippen LogP contribution in [0.1, 0.15) is 27.7 Å². The van der Waals surface area contributed by atoms with Crippen LogP contribution in [0.4, 0.5) is 0 Å². The molecule has 1 fully saturated rings. The summed E-state index contributed by atoms with van der Waals surface area (Å²) in [4.78, 5) is 25.5. The first-order valence-electron chi connectivity index (χ1n) is 6.04. The fourth-order valence-corrected chi connectivity index (χ4v) is 2.62. The van der Waals surface area contributed by atoms with Gasteiger partial charge in [-0.15, -0.1) is 0 Å². The summed E-state index contributed by atoms with van der Waals surface area (Å²) in [7, 11) is 0. The van der Waals surface area contributed by atoms with E-state index < -0.39 is 5.41 Å². The molecular weight excluding hydrogens is 214 g/mol. The van der Waals surface area contributed by atoms with Crippen molar-refractivity contribution in [1.82, 2.24) is 4.90 Å². The van der Waals surface area contributed by atoms with Gasteiger partial charge in [0, 0.05) is 18.0 Å². The van der Waals surface area contributed by atoms with E-state index >= 15 is 0 Å².